The summed E-state index contributed by atoms with van der Waals surface area (Å²) in [6.45, 7) is 6.43. The summed E-state index contributed by atoms with van der Waals surface area (Å²) in [5.41, 5.74) is 1.90. The fourth-order valence-electron chi connectivity index (χ4n) is 1.95. The lowest BCUT2D eigenvalue weighted by atomic mass is 10.2. The molecule has 0 atom stereocenters. The van der Waals surface area contributed by atoms with Crippen molar-refractivity contribution in [1.29, 1.82) is 0 Å². The van der Waals surface area contributed by atoms with Crippen molar-refractivity contribution in [2.24, 2.45) is 0 Å². The van der Waals surface area contributed by atoms with Crippen molar-refractivity contribution in [3.8, 4) is 5.75 Å². The summed E-state index contributed by atoms with van der Waals surface area (Å²) >= 11 is 6.52. The summed E-state index contributed by atoms with van der Waals surface area (Å²) < 4.78 is 6.27. The Kier molecular flexibility index (Phi) is 5.91. The average Bonchev–Trinajstić information content (AvgIpc) is 2.81. The maximum atomic E-state index is 12.1. The van der Waals surface area contributed by atoms with Crippen molar-refractivity contribution in [3.05, 3.63) is 57.0 Å². The summed E-state index contributed by atoms with van der Waals surface area (Å²) in [7, 11) is 0. The second kappa shape index (κ2) is 7.91. The van der Waals surface area contributed by atoms with Crippen LogP contribution < -0.4 is 10.1 Å². The Hall–Kier alpha value is -1.92. The number of nitrogens with one attached hydrogen (secondary N) is 2. The van der Waals surface area contributed by atoms with Crippen LogP contribution in [-0.2, 0) is 17.8 Å². The van der Waals surface area contributed by atoms with Gasteiger partial charge in [0.25, 0.3) is 0 Å². The molecule has 0 spiro atoms. The van der Waals surface area contributed by atoms with Crippen molar-refractivity contribution in [1.82, 2.24) is 10.3 Å². The van der Waals surface area contributed by atoms with Gasteiger partial charge < -0.3 is 15.0 Å². The molecular formula is C16H18N2O2S2. The third-order valence-electron chi connectivity index (χ3n) is 3.05. The van der Waals surface area contributed by atoms with Gasteiger partial charge in [0.1, 0.15) is 12.4 Å². The number of hydrogen-bond donors (Lipinski definition) is 2. The molecule has 0 radical (unpaired) electrons. The number of aromatic nitrogens is 1. The number of hydrogen-bond acceptors (Lipinski definition) is 4. The van der Waals surface area contributed by atoms with E-state index in [1.807, 2.05) is 31.2 Å². The van der Waals surface area contributed by atoms with E-state index in [0.717, 1.165) is 21.9 Å². The van der Waals surface area contributed by atoms with Crippen LogP contribution in [0.5, 0.6) is 5.75 Å². The molecule has 2 rings (SSSR count). The molecule has 116 valence electrons. The van der Waals surface area contributed by atoms with Gasteiger partial charge in [0.15, 0.2) is 3.95 Å². The van der Waals surface area contributed by atoms with E-state index in [1.165, 1.54) is 11.3 Å². The summed E-state index contributed by atoms with van der Waals surface area (Å²) in [6.07, 6.45) is 2.02. The fourth-order valence-corrected chi connectivity index (χ4v) is 3.24. The summed E-state index contributed by atoms with van der Waals surface area (Å²) in [4.78, 5) is 16.1. The molecule has 2 N–H and O–H groups in total. The first-order valence-corrected chi connectivity index (χ1v) is 8.09. The molecule has 6 heteroatoms. The van der Waals surface area contributed by atoms with E-state index < -0.39 is 0 Å². The number of ether oxygens (including phenoxy) is 1. The number of thiazole rings is 1. The van der Waals surface area contributed by atoms with Crippen LogP contribution in [0.15, 0.2) is 36.9 Å². The zero-order valence-electron chi connectivity index (χ0n) is 12.3. The van der Waals surface area contributed by atoms with Gasteiger partial charge >= 0.3 is 0 Å². The van der Waals surface area contributed by atoms with Crippen LogP contribution in [-0.4, -0.2) is 17.5 Å². The smallest absolute Gasteiger partial charge is 0.225 e. The number of carbonyl (C=O) groups is 1. The summed E-state index contributed by atoms with van der Waals surface area (Å²) in [5.74, 6) is 0.725. The molecule has 0 aliphatic carbocycles. The topological polar surface area (TPSA) is 54.1 Å². The summed E-state index contributed by atoms with van der Waals surface area (Å²) in [6, 6.07) is 7.64. The number of carbonyl (C=O) groups excluding carboxylic acids is 1. The van der Waals surface area contributed by atoms with Crippen LogP contribution in [0.1, 0.15) is 16.1 Å². The van der Waals surface area contributed by atoms with Gasteiger partial charge in [-0.05, 0) is 25.2 Å². The first-order valence-electron chi connectivity index (χ1n) is 6.87. The maximum Gasteiger partial charge on any atom is 0.225 e. The quantitative estimate of drug-likeness (QED) is 0.601. The predicted molar refractivity (Wildman–Crippen MR) is 91.9 cm³/mol. The lowest BCUT2D eigenvalue weighted by molar-refractivity contribution is -0.120. The first kappa shape index (κ1) is 16.5. The Balaban J connectivity index is 1.95. The average molecular weight is 334 g/mol. The van der Waals surface area contributed by atoms with Crippen LogP contribution >= 0.6 is 23.6 Å². The molecular weight excluding hydrogens is 316 g/mol. The van der Waals surface area contributed by atoms with Gasteiger partial charge in [-0.3, -0.25) is 4.79 Å². The monoisotopic (exact) mass is 334 g/mol. The highest BCUT2D eigenvalue weighted by Gasteiger charge is 2.10. The molecule has 0 aliphatic heterocycles. The largest absolute Gasteiger partial charge is 0.489 e. The fraction of sp³-hybridized carbons (Fsp3) is 0.250. The number of aromatic amines is 1. The van der Waals surface area contributed by atoms with E-state index in [0.29, 0.717) is 23.5 Å². The lowest BCUT2D eigenvalue weighted by Crippen LogP contribution is -2.24. The standard InChI is InChI=1S/C16H18N2O2S2/c1-3-8-20-13-7-5-4-6-12(13)10-17-15(19)9-14-11(2)18-16(21)22-14/h3-7H,1,8-10H2,2H3,(H,17,19)(H,18,21). The van der Waals surface area contributed by atoms with E-state index >= 15 is 0 Å². The van der Waals surface area contributed by atoms with Crippen molar-refractivity contribution in [3.63, 3.8) is 0 Å². The highest BCUT2D eigenvalue weighted by Crippen LogP contribution is 2.18. The number of para-hydroxylation sites is 1. The van der Waals surface area contributed by atoms with Crippen molar-refractivity contribution in [2.45, 2.75) is 19.9 Å². The van der Waals surface area contributed by atoms with Crippen molar-refractivity contribution < 1.29 is 9.53 Å². The lowest BCUT2D eigenvalue weighted by Gasteiger charge is -2.11. The molecule has 1 aromatic heterocycles. The number of aryl methyl sites for hydroxylation is 1. The van der Waals surface area contributed by atoms with Crippen LogP contribution in [0.2, 0.25) is 0 Å². The second-order valence-corrected chi connectivity index (χ2v) is 6.50. The van der Waals surface area contributed by atoms with Gasteiger partial charge in [-0.1, -0.05) is 30.9 Å². The summed E-state index contributed by atoms with van der Waals surface area (Å²) in [5, 5.41) is 2.91. The van der Waals surface area contributed by atoms with Crippen molar-refractivity contribution >= 4 is 29.5 Å². The minimum Gasteiger partial charge on any atom is -0.489 e. The van der Waals surface area contributed by atoms with E-state index in [4.69, 9.17) is 17.0 Å². The molecule has 1 aromatic carbocycles. The van der Waals surface area contributed by atoms with E-state index in [-0.39, 0.29) is 5.91 Å². The number of rotatable bonds is 7. The van der Waals surface area contributed by atoms with Gasteiger partial charge in [-0.2, -0.15) is 0 Å². The first-order chi connectivity index (χ1) is 10.6. The Morgan fingerprint density at radius 1 is 1.50 bits per heavy atom. The molecule has 22 heavy (non-hydrogen) atoms. The van der Waals surface area contributed by atoms with Crippen LogP contribution in [0.3, 0.4) is 0 Å². The Bertz CT molecular complexity index is 719. The normalized spacial score (nSPS) is 10.2. The van der Waals surface area contributed by atoms with E-state index in [9.17, 15) is 4.79 Å². The van der Waals surface area contributed by atoms with Gasteiger partial charge in [0, 0.05) is 22.7 Å². The zero-order valence-corrected chi connectivity index (χ0v) is 14.0. The SMILES string of the molecule is C=CCOc1ccccc1CNC(=O)Cc1sc(=S)[nH]c1C. The Morgan fingerprint density at radius 2 is 2.27 bits per heavy atom. The third-order valence-corrected chi connectivity index (χ3v) is 4.39. The molecule has 0 bridgehead atoms. The molecule has 0 fully saturated rings. The number of amides is 1. The highest BCUT2D eigenvalue weighted by molar-refractivity contribution is 7.73. The third kappa shape index (κ3) is 4.54. The minimum absolute atomic E-state index is 0.0353. The Morgan fingerprint density at radius 3 is 2.95 bits per heavy atom. The molecule has 1 heterocycles. The highest BCUT2D eigenvalue weighted by atomic mass is 32.1. The second-order valence-electron chi connectivity index (χ2n) is 4.72. The molecule has 0 unspecified atom stereocenters. The van der Waals surface area contributed by atoms with Gasteiger partial charge in [0.05, 0.1) is 6.42 Å². The van der Waals surface area contributed by atoms with Crippen LogP contribution in [0, 0.1) is 10.9 Å². The number of benzene rings is 1. The van der Waals surface area contributed by atoms with Crippen LogP contribution in [0.4, 0.5) is 0 Å². The molecule has 0 saturated carbocycles. The molecule has 0 aliphatic rings. The molecule has 0 saturated heterocycles. The van der Waals surface area contributed by atoms with E-state index in [1.54, 1.807) is 6.08 Å². The van der Waals surface area contributed by atoms with Crippen molar-refractivity contribution in [2.75, 3.05) is 6.61 Å². The molecule has 4 nitrogen and oxygen atoms in total. The molecule has 1 amide bonds. The predicted octanol–water partition coefficient (Wildman–Crippen LogP) is 3.54. The maximum absolute atomic E-state index is 12.1. The van der Waals surface area contributed by atoms with Gasteiger partial charge in [-0.25, -0.2) is 0 Å². The minimum atomic E-state index is -0.0353. The van der Waals surface area contributed by atoms with Gasteiger partial charge in [-0.15, -0.1) is 11.3 Å². The van der Waals surface area contributed by atoms with E-state index in [2.05, 4.69) is 16.9 Å². The zero-order chi connectivity index (χ0) is 15.9. The van der Waals surface area contributed by atoms with Crippen LogP contribution in [0.25, 0.3) is 0 Å². The molecule has 2 aromatic rings. The van der Waals surface area contributed by atoms with Gasteiger partial charge in [0.2, 0.25) is 5.91 Å². The number of H-pyrrole nitrogens is 1. The Labute approximate surface area is 138 Å².